The Balaban J connectivity index is 1.59. The third kappa shape index (κ3) is 3.91. The van der Waals surface area contributed by atoms with E-state index < -0.39 is 15.7 Å². The zero-order valence-electron chi connectivity index (χ0n) is 16.6. The second kappa shape index (κ2) is 7.53. The van der Waals surface area contributed by atoms with Gasteiger partial charge in [-0.05, 0) is 67.8 Å². The number of hydrogen-bond acceptors (Lipinski definition) is 6. The summed E-state index contributed by atoms with van der Waals surface area (Å²) in [6.45, 7) is 5.60. The molecule has 0 fully saturated rings. The normalized spacial score (nSPS) is 11.7. The fourth-order valence-corrected chi connectivity index (χ4v) is 4.76. The first-order valence-corrected chi connectivity index (χ1v) is 10.9. The number of aryl methyl sites for hydroxylation is 3. The smallest absolute Gasteiger partial charge is 0.293 e. The number of benzene rings is 2. The predicted molar refractivity (Wildman–Crippen MR) is 109 cm³/mol. The van der Waals surface area contributed by atoms with Gasteiger partial charge in [0.05, 0.1) is 4.90 Å². The lowest BCUT2D eigenvalue weighted by Gasteiger charge is -2.10. The summed E-state index contributed by atoms with van der Waals surface area (Å²) < 4.78 is 50.0. The molecule has 0 saturated carbocycles. The van der Waals surface area contributed by atoms with E-state index in [0.717, 1.165) is 11.1 Å². The number of halogens is 1. The number of aromatic nitrogens is 2. The van der Waals surface area contributed by atoms with Crippen LogP contribution in [-0.2, 0) is 15.6 Å². The standard InChI is InChI=1S/C22H19FN2O4S/c1-13-9-15(3)20(10-14(13)2)30(26,27)12-18-7-8-19(28-18)22-24-21(25-29-22)16-5-4-6-17(23)11-16/h4-11H,12H2,1-3H3. The molecule has 0 unspecified atom stereocenters. The average molecular weight is 426 g/mol. The first kappa shape index (κ1) is 20.0. The Hall–Kier alpha value is -3.26. The summed E-state index contributed by atoms with van der Waals surface area (Å²) in [5.41, 5.74) is 3.11. The Morgan fingerprint density at radius 2 is 1.73 bits per heavy atom. The van der Waals surface area contributed by atoms with Gasteiger partial charge in [-0.25, -0.2) is 12.8 Å². The second-order valence-electron chi connectivity index (χ2n) is 7.16. The van der Waals surface area contributed by atoms with Crippen molar-refractivity contribution in [1.82, 2.24) is 10.1 Å². The van der Waals surface area contributed by atoms with Crippen LogP contribution in [0.3, 0.4) is 0 Å². The highest BCUT2D eigenvalue weighted by atomic mass is 32.2. The van der Waals surface area contributed by atoms with Crippen molar-refractivity contribution in [2.75, 3.05) is 0 Å². The van der Waals surface area contributed by atoms with Crippen LogP contribution in [0.2, 0.25) is 0 Å². The lowest BCUT2D eigenvalue weighted by atomic mass is 10.1. The van der Waals surface area contributed by atoms with Gasteiger partial charge < -0.3 is 8.94 Å². The summed E-state index contributed by atoms with van der Waals surface area (Å²) in [5.74, 6) is 0.0914. The van der Waals surface area contributed by atoms with E-state index in [1.807, 2.05) is 19.9 Å². The van der Waals surface area contributed by atoms with Gasteiger partial charge in [-0.1, -0.05) is 23.4 Å². The number of furan rings is 1. The molecule has 4 rings (SSSR count). The summed E-state index contributed by atoms with van der Waals surface area (Å²) in [7, 11) is -3.60. The van der Waals surface area contributed by atoms with Gasteiger partial charge in [0.1, 0.15) is 17.3 Å². The topological polar surface area (TPSA) is 86.2 Å². The highest BCUT2D eigenvalue weighted by Gasteiger charge is 2.22. The highest BCUT2D eigenvalue weighted by molar-refractivity contribution is 7.90. The Morgan fingerprint density at radius 1 is 0.967 bits per heavy atom. The third-order valence-corrected chi connectivity index (χ3v) is 6.61. The average Bonchev–Trinajstić information content (AvgIpc) is 3.33. The fourth-order valence-electron chi connectivity index (χ4n) is 3.17. The summed E-state index contributed by atoms with van der Waals surface area (Å²) in [6, 6.07) is 12.5. The largest absolute Gasteiger partial charge is 0.455 e. The minimum atomic E-state index is -3.60. The van der Waals surface area contributed by atoms with Gasteiger partial charge in [0, 0.05) is 5.56 Å². The minimum Gasteiger partial charge on any atom is -0.455 e. The molecule has 6 nitrogen and oxygen atoms in total. The van der Waals surface area contributed by atoms with Crippen molar-refractivity contribution >= 4 is 9.84 Å². The summed E-state index contributed by atoms with van der Waals surface area (Å²) in [4.78, 5) is 4.49. The molecule has 154 valence electrons. The van der Waals surface area contributed by atoms with Gasteiger partial charge in [-0.3, -0.25) is 0 Å². The van der Waals surface area contributed by atoms with Crippen LogP contribution in [0.25, 0.3) is 23.0 Å². The van der Waals surface area contributed by atoms with Crippen molar-refractivity contribution < 1.29 is 21.7 Å². The molecule has 8 heteroatoms. The molecule has 0 atom stereocenters. The van der Waals surface area contributed by atoms with Crippen molar-refractivity contribution in [3.63, 3.8) is 0 Å². The van der Waals surface area contributed by atoms with Crippen LogP contribution < -0.4 is 0 Å². The molecule has 30 heavy (non-hydrogen) atoms. The van der Waals surface area contributed by atoms with Gasteiger partial charge in [0.25, 0.3) is 5.89 Å². The van der Waals surface area contributed by atoms with Crippen molar-refractivity contribution in [2.45, 2.75) is 31.4 Å². The molecule has 0 bridgehead atoms. The number of rotatable bonds is 5. The summed E-state index contributed by atoms with van der Waals surface area (Å²) in [5, 5.41) is 3.83. The first-order valence-electron chi connectivity index (χ1n) is 9.22. The van der Waals surface area contributed by atoms with Crippen LogP contribution in [0.5, 0.6) is 0 Å². The molecule has 0 radical (unpaired) electrons. The van der Waals surface area contributed by atoms with E-state index in [1.54, 1.807) is 37.3 Å². The number of nitrogens with zero attached hydrogens (tertiary/aromatic N) is 2. The molecule has 2 heterocycles. The molecule has 0 aliphatic heterocycles. The molecule has 0 aliphatic rings. The maximum atomic E-state index is 13.4. The molecule has 0 spiro atoms. The van der Waals surface area contributed by atoms with Gasteiger partial charge in [-0.15, -0.1) is 0 Å². The van der Waals surface area contributed by atoms with Crippen molar-refractivity contribution in [3.8, 4) is 23.0 Å². The van der Waals surface area contributed by atoms with E-state index in [9.17, 15) is 12.8 Å². The molecular formula is C22H19FN2O4S. The monoisotopic (exact) mass is 426 g/mol. The summed E-state index contributed by atoms with van der Waals surface area (Å²) in [6.07, 6.45) is 0. The number of sulfone groups is 1. The van der Waals surface area contributed by atoms with Crippen molar-refractivity contribution in [3.05, 3.63) is 76.8 Å². The van der Waals surface area contributed by atoms with Crippen LogP contribution in [-0.4, -0.2) is 18.6 Å². The molecular weight excluding hydrogens is 407 g/mol. The van der Waals surface area contributed by atoms with E-state index >= 15 is 0 Å². The molecule has 0 amide bonds. The van der Waals surface area contributed by atoms with Crippen LogP contribution in [0.4, 0.5) is 4.39 Å². The molecule has 0 N–H and O–H groups in total. The lowest BCUT2D eigenvalue weighted by molar-refractivity contribution is 0.413. The maximum absolute atomic E-state index is 13.4. The van der Waals surface area contributed by atoms with Crippen LogP contribution in [0, 0.1) is 26.6 Å². The van der Waals surface area contributed by atoms with E-state index in [4.69, 9.17) is 8.94 Å². The quantitative estimate of drug-likeness (QED) is 0.445. The number of hydrogen-bond donors (Lipinski definition) is 0. The first-order chi connectivity index (χ1) is 14.2. The molecule has 2 aromatic heterocycles. The lowest BCUT2D eigenvalue weighted by Crippen LogP contribution is -2.07. The van der Waals surface area contributed by atoms with E-state index in [-0.39, 0.29) is 33.9 Å². The molecule has 2 aromatic carbocycles. The van der Waals surface area contributed by atoms with E-state index in [1.165, 1.54) is 12.1 Å². The van der Waals surface area contributed by atoms with Gasteiger partial charge in [0.2, 0.25) is 5.82 Å². The van der Waals surface area contributed by atoms with E-state index in [0.29, 0.717) is 11.1 Å². The Kier molecular flexibility index (Phi) is 5.03. The van der Waals surface area contributed by atoms with Crippen LogP contribution >= 0.6 is 0 Å². The van der Waals surface area contributed by atoms with Gasteiger partial charge >= 0.3 is 0 Å². The predicted octanol–water partition coefficient (Wildman–Crippen LogP) is 5.03. The molecule has 4 aromatic rings. The van der Waals surface area contributed by atoms with E-state index in [2.05, 4.69) is 10.1 Å². The SMILES string of the molecule is Cc1cc(C)c(S(=O)(=O)Cc2ccc(-c3nc(-c4cccc(F)c4)no3)o2)cc1C. The van der Waals surface area contributed by atoms with Crippen molar-refractivity contribution in [2.24, 2.45) is 0 Å². The van der Waals surface area contributed by atoms with Gasteiger partial charge in [-0.2, -0.15) is 4.98 Å². The Bertz CT molecular complexity index is 1340. The minimum absolute atomic E-state index is 0.0836. The highest BCUT2D eigenvalue weighted by Crippen LogP contribution is 2.28. The summed E-state index contributed by atoms with van der Waals surface area (Å²) >= 11 is 0. The molecule has 0 aliphatic carbocycles. The fraction of sp³-hybridized carbons (Fsp3) is 0.182. The third-order valence-electron chi connectivity index (χ3n) is 4.84. The van der Waals surface area contributed by atoms with Crippen molar-refractivity contribution in [1.29, 1.82) is 0 Å². The Labute approximate surface area is 173 Å². The maximum Gasteiger partial charge on any atom is 0.293 e. The zero-order chi connectivity index (χ0) is 21.5. The zero-order valence-corrected chi connectivity index (χ0v) is 17.5. The van der Waals surface area contributed by atoms with Crippen LogP contribution in [0.1, 0.15) is 22.5 Å². The molecule has 0 saturated heterocycles. The Morgan fingerprint density at radius 3 is 2.50 bits per heavy atom. The second-order valence-corrected chi connectivity index (χ2v) is 9.12. The van der Waals surface area contributed by atoms with Crippen LogP contribution in [0.15, 0.2) is 62.4 Å². The van der Waals surface area contributed by atoms with Gasteiger partial charge in [0.15, 0.2) is 15.6 Å².